The van der Waals surface area contributed by atoms with E-state index in [0.29, 0.717) is 10.2 Å². The third-order valence-electron chi connectivity index (χ3n) is 2.74. The lowest BCUT2D eigenvalue weighted by Gasteiger charge is -2.11. The van der Waals surface area contributed by atoms with E-state index in [9.17, 15) is 4.39 Å². The smallest absolute Gasteiger partial charge is 0.124 e. The van der Waals surface area contributed by atoms with Crippen molar-refractivity contribution in [2.24, 2.45) is 0 Å². The summed E-state index contributed by atoms with van der Waals surface area (Å²) >= 11 is 4.86. The summed E-state index contributed by atoms with van der Waals surface area (Å²) in [6.45, 7) is 0. The topological polar surface area (TPSA) is 50.9 Å². The molecule has 2 aromatic carbocycles. The van der Waals surface area contributed by atoms with E-state index in [1.807, 2.05) is 12.1 Å². The van der Waals surface area contributed by atoms with E-state index < -0.39 is 0 Å². The maximum atomic E-state index is 13.0. The number of hydrogen-bond acceptors (Lipinski definition) is 4. The minimum Gasteiger partial charge on any atom is -0.395 e. The van der Waals surface area contributed by atoms with Gasteiger partial charge in [0, 0.05) is 4.47 Å². The lowest BCUT2D eigenvalue weighted by molar-refractivity contribution is 0.627. The lowest BCUT2D eigenvalue weighted by atomic mass is 10.2. The van der Waals surface area contributed by atoms with Crippen LogP contribution in [-0.2, 0) is 0 Å². The van der Waals surface area contributed by atoms with Gasteiger partial charge in [-0.25, -0.2) is 9.37 Å². The zero-order valence-electron chi connectivity index (χ0n) is 9.65. The normalized spacial score (nSPS) is 10.8. The predicted molar refractivity (Wildman–Crippen MR) is 81.4 cm³/mol. The molecule has 1 aromatic heterocycles. The van der Waals surface area contributed by atoms with Gasteiger partial charge in [0.1, 0.15) is 11.3 Å². The van der Waals surface area contributed by atoms with Crippen molar-refractivity contribution in [1.29, 1.82) is 0 Å². The van der Waals surface area contributed by atoms with Crippen LogP contribution in [0.4, 0.5) is 21.5 Å². The summed E-state index contributed by atoms with van der Waals surface area (Å²) in [6.07, 6.45) is 0. The Labute approximate surface area is 121 Å². The number of fused-ring (bicyclic) bond motifs is 1. The van der Waals surface area contributed by atoms with Crippen LogP contribution in [0, 0.1) is 5.82 Å². The van der Waals surface area contributed by atoms with Gasteiger partial charge in [0.2, 0.25) is 0 Å². The van der Waals surface area contributed by atoms with E-state index in [-0.39, 0.29) is 5.82 Å². The van der Waals surface area contributed by atoms with Crippen LogP contribution in [-0.4, -0.2) is 4.98 Å². The van der Waals surface area contributed by atoms with Crippen LogP contribution in [0.5, 0.6) is 0 Å². The van der Waals surface area contributed by atoms with E-state index in [1.54, 1.807) is 22.9 Å². The van der Waals surface area contributed by atoms with Crippen LogP contribution in [0.3, 0.4) is 0 Å². The molecule has 0 saturated carbocycles. The van der Waals surface area contributed by atoms with Gasteiger partial charge in [-0.15, -0.1) is 11.3 Å². The minimum absolute atomic E-state index is 0.291. The summed E-state index contributed by atoms with van der Waals surface area (Å²) in [5.74, 6) is -0.291. The first-order valence-electron chi connectivity index (χ1n) is 5.49. The van der Waals surface area contributed by atoms with Crippen molar-refractivity contribution in [3.63, 3.8) is 0 Å². The molecule has 3 nitrogen and oxygen atoms in total. The van der Waals surface area contributed by atoms with Gasteiger partial charge in [-0.1, -0.05) is 0 Å². The number of nitrogen functional groups attached to an aromatic ring is 1. The van der Waals surface area contributed by atoms with Gasteiger partial charge in [0.15, 0.2) is 0 Å². The van der Waals surface area contributed by atoms with Gasteiger partial charge >= 0.3 is 0 Å². The molecular formula is C13H9BrFN3S. The number of aromatic nitrogens is 1. The molecule has 0 aliphatic rings. The molecule has 0 saturated heterocycles. The third-order valence-corrected chi connectivity index (χ3v) is 4.19. The Morgan fingerprint density at radius 2 is 2.00 bits per heavy atom. The number of anilines is 3. The number of hydrogen-bond donors (Lipinski definition) is 2. The molecule has 0 aliphatic carbocycles. The van der Waals surface area contributed by atoms with Crippen LogP contribution in [0.2, 0.25) is 0 Å². The van der Waals surface area contributed by atoms with Crippen LogP contribution < -0.4 is 11.1 Å². The van der Waals surface area contributed by atoms with Crippen LogP contribution >= 0.6 is 27.3 Å². The molecular weight excluding hydrogens is 329 g/mol. The number of nitrogens with two attached hydrogens (primary N) is 1. The molecule has 0 atom stereocenters. The maximum Gasteiger partial charge on any atom is 0.124 e. The van der Waals surface area contributed by atoms with Crippen molar-refractivity contribution >= 4 is 54.5 Å². The fourth-order valence-corrected chi connectivity index (χ4v) is 2.94. The second kappa shape index (κ2) is 4.79. The highest BCUT2D eigenvalue weighted by molar-refractivity contribution is 9.10. The molecule has 96 valence electrons. The summed E-state index contributed by atoms with van der Waals surface area (Å²) in [4.78, 5) is 4.24. The van der Waals surface area contributed by atoms with E-state index in [4.69, 9.17) is 5.73 Å². The fraction of sp³-hybridized carbons (Fsp3) is 0. The van der Waals surface area contributed by atoms with Gasteiger partial charge in [-0.2, -0.15) is 0 Å². The minimum atomic E-state index is -0.291. The molecule has 0 bridgehead atoms. The standard InChI is InChI=1S/C13H9BrFN3S/c14-8-5-7(15)1-2-9(8)18-10-3-4-11-13(12(10)16)17-6-19-11/h1-6,18H,16H2. The number of rotatable bonds is 2. The van der Waals surface area contributed by atoms with E-state index in [1.165, 1.54) is 12.1 Å². The van der Waals surface area contributed by atoms with Crippen molar-refractivity contribution in [3.8, 4) is 0 Å². The highest BCUT2D eigenvalue weighted by Gasteiger charge is 2.08. The van der Waals surface area contributed by atoms with Gasteiger partial charge in [0.25, 0.3) is 0 Å². The Kier molecular flexibility index (Phi) is 3.12. The van der Waals surface area contributed by atoms with Crippen molar-refractivity contribution in [1.82, 2.24) is 4.98 Å². The van der Waals surface area contributed by atoms with E-state index in [2.05, 4.69) is 26.2 Å². The molecule has 19 heavy (non-hydrogen) atoms. The molecule has 0 fully saturated rings. The second-order valence-corrected chi connectivity index (χ2v) is 5.72. The zero-order valence-corrected chi connectivity index (χ0v) is 12.1. The van der Waals surface area contributed by atoms with Crippen molar-refractivity contribution in [2.45, 2.75) is 0 Å². The molecule has 0 unspecified atom stereocenters. The Morgan fingerprint density at radius 1 is 1.21 bits per heavy atom. The number of nitrogens with zero attached hydrogens (tertiary/aromatic N) is 1. The number of benzene rings is 2. The Morgan fingerprint density at radius 3 is 2.79 bits per heavy atom. The average molecular weight is 338 g/mol. The summed E-state index contributed by atoms with van der Waals surface area (Å²) in [6, 6.07) is 8.31. The Hall–Kier alpha value is -1.66. The SMILES string of the molecule is Nc1c(Nc2ccc(F)cc2Br)ccc2scnc12. The van der Waals surface area contributed by atoms with Crippen molar-refractivity contribution in [3.05, 3.63) is 46.1 Å². The maximum absolute atomic E-state index is 13.0. The van der Waals surface area contributed by atoms with Crippen LogP contribution in [0.25, 0.3) is 10.2 Å². The van der Waals surface area contributed by atoms with Crippen LogP contribution in [0.1, 0.15) is 0 Å². The largest absolute Gasteiger partial charge is 0.395 e. The van der Waals surface area contributed by atoms with Crippen molar-refractivity contribution < 1.29 is 4.39 Å². The fourth-order valence-electron chi connectivity index (χ4n) is 1.80. The molecule has 3 rings (SSSR count). The quantitative estimate of drug-likeness (QED) is 0.675. The monoisotopic (exact) mass is 337 g/mol. The Bertz CT molecular complexity index is 757. The van der Waals surface area contributed by atoms with Gasteiger partial charge in [-0.3, -0.25) is 0 Å². The second-order valence-electron chi connectivity index (χ2n) is 3.98. The predicted octanol–water partition coefficient (Wildman–Crippen LogP) is 4.52. The lowest BCUT2D eigenvalue weighted by Crippen LogP contribution is -1.97. The molecule has 3 N–H and O–H groups in total. The molecule has 6 heteroatoms. The number of thiazole rings is 1. The molecule has 0 spiro atoms. The Balaban J connectivity index is 2.03. The first-order valence-corrected chi connectivity index (χ1v) is 7.16. The summed E-state index contributed by atoms with van der Waals surface area (Å²) in [5, 5.41) is 3.18. The van der Waals surface area contributed by atoms with Gasteiger partial charge < -0.3 is 11.1 Å². The molecule has 3 aromatic rings. The van der Waals surface area contributed by atoms with Gasteiger partial charge in [-0.05, 0) is 46.3 Å². The molecule has 1 heterocycles. The molecule has 0 aliphatic heterocycles. The van der Waals surface area contributed by atoms with Gasteiger partial charge in [0.05, 0.1) is 27.3 Å². The zero-order chi connectivity index (χ0) is 13.4. The summed E-state index contributed by atoms with van der Waals surface area (Å²) in [5.41, 5.74) is 10.7. The molecule has 0 radical (unpaired) electrons. The van der Waals surface area contributed by atoms with E-state index >= 15 is 0 Å². The third kappa shape index (κ3) is 2.29. The van der Waals surface area contributed by atoms with E-state index in [0.717, 1.165) is 21.6 Å². The highest BCUT2D eigenvalue weighted by Crippen LogP contribution is 2.34. The molecule has 0 amide bonds. The number of halogens is 2. The number of nitrogens with one attached hydrogen (secondary N) is 1. The highest BCUT2D eigenvalue weighted by atomic mass is 79.9. The van der Waals surface area contributed by atoms with Crippen molar-refractivity contribution in [2.75, 3.05) is 11.1 Å². The first kappa shape index (κ1) is 12.4. The summed E-state index contributed by atoms with van der Waals surface area (Å²) in [7, 11) is 0. The first-order chi connectivity index (χ1) is 9.15. The van der Waals surface area contributed by atoms with Crippen LogP contribution in [0.15, 0.2) is 40.3 Å². The summed E-state index contributed by atoms with van der Waals surface area (Å²) < 4.78 is 14.7. The average Bonchev–Trinajstić information content (AvgIpc) is 2.85.